The predicted octanol–water partition coefficient (Wildman–Crippen LogP) is 1.49. The Labute approximate surface area is 114 Å². The molecule has 1 aliphatic rings. The van der Waals surface area contributed by atoms with Crippen LogP contribution in [0.3, 0.4) is 0 Å². The Kier molecular flexibility index (Phi) is 4.56. The molecule has 0 saturated carbocycles. The Balaban J connectivity index is 1.91. The number of carboxylic acid groups (broad SMARTS) is 1. The summed E-state index contributed by atoms with van der Waals surface area (Å²) < 4.78 is 0. The lowest BCUT2D eigenvalue weighted by Crippen LogP contribution is -2.41. The van der Waals surface area contributed by atoms with E-state index in [0.29, 0.717) is 0 Å². The number of nitrogens with zero attached hydrogens (tertiary/aromatic N) is 1. The van der Waals surface area contributed by atoms with Gasteiger partial charge in [-0.25, -0.2) is 0 Å². The predicted molar refractivity (Wildman–Crippen MR) is 75.0 cm³/mol. The molecule has 1 heterocycles. The molecule has 4 heteroatoms. The van der Waals surface area contributed by atoms with Crippen molar-refractivity contribution in [2.45, 2.75) is 25.9 Å². The average molecular weight is 262 g/mol. The molecule has 2 N–H and O–H groups in total. The first-order chi connectivity index (χ1) is 9.10. The molecule has 2 atom stereocenters. The number of aryl methyl sites for hydroxylation is 1. The van der Waals surface area contributed by atoms with E-state index in [0.717, 1.165) is 26.1 Å². The molecule has 1 aliphatic heterocycles. The van der Waals surface area contributed by atoms with Crippen LogP contribution in [0.25, 0.3) is 0 Å². The van der Waals surface area contributed by atoms with E-state index in [4.69, 9.17) is 5.11 Å². The molecule has 0 aromatic heterocycles. The van der Waals surface area contributed by atoms with Crippen LogP contribution in [0, 0.1) is 12.8 Å². The minimum atomic E-state index is -0.746. The number of benzene rings is 1. The van der Waals surface area contributed by atoms with E-state index in [2.05, 4.69) is 41.4 Å². The molecule has 1 saturated heterocycles. The number of likely N-dealkylation sites (tertiary alicyclic amines) is 1. The molecule has 2 unspecified atom stereocenters. The molecular weight excluding hydrogens is 240 g/mol. The third-order valence-electron chi connectivity index (χ3n) is 3.88. The maximum Gasteiger partial charge on any atom is 0.321 e. The summed E-state index contributed by atoms with van der Waals surface area (Å²) >= 11 is 0. The highest BCUT2D eigenvalue weighted by Gasteiger charge is 2.32. The SMILES string of the molecule is CNC(C(=O)O)C1CCN(Cc2ccc(C)cc2)C1. The van der Waals surface area contributed by atoms with Crippen LogP contribution in [0.15, 0.2) is 24.3 Å². The lowest BCUT2D eigenvalue weighted by Gasteiger charge is -2.20. The highest BCUT2D eigenvalue weighted by molar-refractivity contribution is 5.73. The molecule has 104 valence electrons. The second kappa shape index (κ2) is 6.17. The summed E-state index contributed by atoms with van der Waals surface area (Å²) in [5.74, 6) is -0.544. The number of hydrogen-bond donors (Lipinski definition) is 2. The molecule has 1 aromatic rings. The summed E-state index contributed by atoms with van der Waals surface area (Å²) in [4.78, 5) is 13.5. The summed E-state index contributed by atoms with van der Waals surface area (Å²) in [7, 11) is 1.72. The summed E-state index contributed by atoms with van der Waals surface area (Å²) in [6, 6.07) is 8.11. The van der Waals surface area contributed by atoms with Crippen molar-refractivity contribution < 1.29 is 9.90 Å². The van der Waals surface area contributed by atoms with E-state index in [1.807, 2.05) is 0 Å². The molecule has 0 radical (unpaired) electrons. The maximum absolute atomic E-state index is 11.1. The molecule has 0 bridgehead atoms. The highest BCUT2D eigenvalue weighted by atomic mass is 16.4. The lowest BCUT2D eigenvalue weighted by molar-refractivity contribution is -0.140. The second-order valence-electron chi connectivity index (χ2n) is 5.37. The van der Waals surface area contributed by atoms with Crippen LogP contribution in [0.5, 0.6) is 0 Å². The Bertz CT molecular complexity index is 430. The molecule has 19 heavy (non-hydrogen) atoms. The average Bonchev–Trinajstić information content (AvgIpc) is 2.81. The van der Waals surface area contributed by atoms with Gasteiger partial charge < -0.3 is 10.4 Å². The number of carboxylic acids is 1. The largest absolute Gasteiger partial charge is 0.480 e. The van der Waals surface area contributed by atoms with Crippen LogP contribution >= 0.6 is 0 Å². The molecule has 0 spiro atoms. The van der Waals surface area contributed by atoms with Crippen molar-refractivity contribution >= 4 is 5.97 Å². The fourth-order valence-electron chi connectivity index (χ4n) is 2.79. The maximum atomic E-state index is 11.1. The topological polar surface area (TPSA) is 52.6 Å². The van der Waals surface area contributed by atoms with Gasteiger partial charge in [-0.15, -0.1) is 0 Å². The number of carbonyl (C=O) groups is 1. The van der Waals surface area contributed by atoms with Crippen molar-refractivity contribution in [3.63, 3.8) is 0 Å². The van der Waals surface area contributed by atoms with Crippen LogP contribution in [0.2, 0.25) is 0 Å². The molecule has 1 aromatic carbocycles. The van der Waals surface area contributed by atoms with Crippen LogP contribution in [-0.4, -0.2) is 42.2 Å². The van der Waals surface area contributed by atoms with E-state index >= 15 is 0 Å². The van der Waals surface area contributed by atoms with Crippen molar-refractivity contribution in [3.05, 3.63) is 35.4 Å². The van der Waals surface area contributed by atoms with E-state index in [1.165, 1.54) is 11.1 Å². The number of nitrogens with one attached hydrogen (secondary N) is 1. The van der Waals surface area contributed by atoms with Crippen LogP contribution in [0.1, 0.15) is 17.5 Å². The number of likely N-dealkylation sites (N-methyl/N-ethyl adjacent to an activating group) is 1. The first-order valence-corrected chi connectivity index (χ1v) is 6.78. The van der Waals surface area contributed by atoms with E-state index < -0.39 is 12.0 Å². The van der Waals surface area contributed by atoms with E-state index in [1.54, 1.807) is 7.05 Å². The number of aliphatic carboxylic acids is 1. The second-order valence-corrected chi connectivity index (χ2v) is 5.37. The van der Waals surface area contributed by atoms with E-state index in [-0.39, 0.29) is 5.92 Å². The number of rotatable bonds is 5. The summed E-state index contributed by atoms with van der Waals surface area (Å²) in [5.41, 5.74) is 2.56. The monoisotopic (exact) mass is 262 g/mol. The summed E-state index contributed by atoms with van der Waals surface area (Å²) in [6.07, 6.45) is 0.948. The van der Waals surface area contributed by atoms with Gasteiger partial charge in [0.05, 0.1) is 0 Å². The van der Waals surface area contributed by atoms with Gasteiger partial charge in [0.25, 0.3) is 0 Å². The summed E-state index contributed by atoms with van der Waals surface area (Å²) in [6.45, 7) is 4.82. The minimum absolute atomic E-state index is 0.202. The Hall–Kier alpha value is -1.39. The first kappa shape index (κ1) is 14.0. The van der Waals surface area contributed by atoms with Crippen molar-refractivity contribution in [2.75, 3.05) is 20.1 Å². The third-order valence-corrected chi connectivity index (χ3v) is 3.88. The van der Waals surface area contributed by atoms with E-state index in [9.17, 15) is 4.79 Å². The molecule has 2 rings (SSSR count). The first-order valence-electron chi connectivity index (χ1n) is 6.78. The Morgan fingerprint density at radius 1 is 1.47 bits per heavy atom. The fourth-order valence-corrected chi connectivity index (χ4v) is 2.79. The smallest absolute Gasteiger partial charge is 0.321 e. The van der Waals surface area contributed by atoms with Crippen molar-refractivity contribution in [1.82, 2.24) is 10.2 Å². The third kappa shape index (κ3) is 3.55. The van der Waals surface area contributed by atoms with Gasteiger partial charge in [0.1, 0.15) is 6.04 Å². The summed E-state index contributed by atoms with van der Waals surface area (Å²) in [5, 5.41) is 12.1. The van der Waals surface area contributed by atoms with Gasteiger partial charge in [-0.05, 0) is 38.4 Å². The standard InChI is InChI=1S/C15H22N2O2/c1-11-3-5-12(6-4-11)9-17-8-7-13(10-17)14(16-2)15(18)19/h3-6,13-14,16H,7-10H2,1-2H3,(H,18,19). The minimum Gasteiger partial charge on any atom is -0.480 e. The highest BCUT2D eigenvalue weighted by Crippen LogP contribution is 2.22. The molecule has 0 aliphatic carbocycles. The molecular formula is C15H22N2O2. The quantitative estimate of drug-likeness (QED) is 0.844. The van der Waals surface area contributed by atoms with Gasteiger partial charge in [-0.2, -0.15) is 0 Å². The van der Waals surface area contributed by atoms with Gasteiger partial charge >= 0.3 is 5.97 Å². The van der Waals surface area contributed by atoms with Crippen LogP contribution in [0.4, 0.5) is 0 Å². The van der Waals surface area contributed by atoms with Crippen molar-refractivity contribution in [3.8, 4) is 0 Å². The normalized spacial score (nSPS) is 21.5. The lowest BCUT2D eigenvalue weighted by atomic mass is 9.99. The van der Waals surface area contributed by atoms with Crippen LogP contribution in [-0.2, 0) is 11.3 Å². The zero-order valence-corrected chi connectivity index (χ0v) is 11.6. The van der Waals surface area contributed by atoms with Gasteiger partial charge in [0.15, 0.2) is 0 Å². The number of hydrogen-bond acceptors (Lipinski definition) is 3. The molecule has 0 amide bonds. The van der Waals surface area contributed by atoms with Crippen molar-refractivity contribution in [2.24, 2.45) is 5.92 Å². The van der Waals surface area contributed by atoms with Crippen molar-refractivity contribution in [1.29, 1.82) is 0 Å². The van der Waals surface area contributed by atoms with Crippen LogP contribution < -0.4 is 5.32 Å². The van der Waals surface area contributed by atoms with Gasteiger partial charge in [-0.1, -0.05) is 29.8 Å². The van der Waals surface area contributed by atoms with Gasteiger partial charge in [0, 0.05) is 13.1 Å². The zero-order chi connectivity index (χ0) is 13.8. The van der Waals surface area contributed by atoms with Gasteiger partial charge in [-0.3, -0.25) is 9.69 Å². The Morgan fingerprint density at radius 2 is 2.16 bits per heavy atom. The Morgan fingerprint density at radius 3 is 2.74 bits per heavy atom. The molecule has 4 nitrogen and oxygen atoms in total. The fraction of sp³-hybridized carbons (Fsp3) is 0.533. The van der Waals surface area contributed by atoms with Gasteiger partial charge in [0.2, 0.25) is 0 Å². The zero-order valence-electron chi connectivity index (χ0n) is 11.6. The molecule has 1 fully saturated rings.